The van der Waals surface area contributed by atoms with Crippen LogP contribution in [0.15, 0.2) is 30.3 Å². The minimum atomic E-state index is -0.562. The Morgan fingerprint density at radius 3 is 2.73 bits per heavy atom. The van der Waals surface area contributed by atoms with E-state index in [1.807, 2.05) is 44.2 Å². The SMILES string of the molecule is CC1(C)OCC(COC2C3CC(=O)O[C@@H]2CC3OCc2ccccc2)O1. The molecule has 2 heterocycles. The highest BCUT2D eigenvalue weighted by Crippen LogP contribution is 2.40. The van der Waals surface area contributed by atoms with Crippen LogP contribution in [0.2, 0.25) is 0 Å². The van der Waals surface area contributed by atoms with Crippen molar-refractivity contribution in [2.24, 2.45) is 5.92 Å². The summed E-state index contributed by atoms with van der Waals surface area (Å²) in [7, 11) is 0. The lowest BCUT2D eigenvalue weighted by Gasteiger charge is -2.31. The van der Waals surface area contributed by atoms with Crippen molar-refractivity contribution >= 4 is 5.97 Å². The van der Waals surface area contributed by atoms with Gasteiger partial charge in [0.2, 0.25) is 0 Å². The van der Waals surface area contributed by atoms with Gasteiger partial charge in [-0.2, -0.15) is 0 Å². The molecule has 142 valence electrons. The summed E-state index contributed by atoms with van der Waals surface area (Å²) in [4.78, 5) is 11.9. The first kappa shape index (κ1) is 17.9. The fourth-order valence-electron chi connectivity index (χ4n) is 4.06. The third kappa shape index (κ3) is 3.93. The molecule has 1 saturated carbocycles. The molecule has 1 aromatic rings. The second kappa shape index (κ2) is 7.27. The van der Waals surface area contributed by atoms with Crippen molar-refractivity contribution in [3.8, 4) is 0 Å². The van der Waals surface area contributed by atoms with E-state index in [9.17, 15) is 4.79 Å². The zero-order valence-electron chi connectivity index (χ0n) is 15.3. The third-order valence-electron chi connectivity index (χ3n) is 5.26. The summed E-state index contributed by atoms with van der Waals surface area (Å²) >= 11 is 0. The molecule has 4 rings (SSSR count). The van der Waals surface area contributed by atoms with Crippen LogP contribution in [-0.2, 0) is 35.1 Å². The monoisotopic (exact) mass is 362 g/mol. The van der Waals surface area contributed by atoms with E-state index in [1.165, 1.54) is 0 Å². The second-order valence-corrected chi connectivity index (χ2v) is 7.72. The summed E-state index contributed by atoms with van der Waals surface area (Å²) in [6.45, 7) is 5.27. The van der Waals surface area contributed by atoms with Crippen molar-refractivity contribution < 1.29 is 28.5 Å². The topological polar surface area (TPSA) is 63.2 Å². The van der Waals surface area contributed by atoms with Gasteiger partial charge in [0.1, 0.15) is 18.3 Å². The summed E-state index contributed by atoms with van der Waals surface area (Å²) in [6, 6.07) is 10.1. The highest BCUT2D eigenvalue weighted by atomic mass is 16.7. The molecule has 5 atom stereocenters. The van der Waals surface area contributed by atoms with E-state index in [0.29, 0.717) is 32.7 Å². The van der Waals surface area contributed by atoms with Crippen LogP contribution in [0.25, 0.3) is 0 Å². The van der Waals surface area contributed by atoms with Crippen molar-refractivity contribution in [1.82, 2.24) is 0 Å². The Kier molecular flexibility index (Phi) is 5.01. The third-order valence-corrected chi connectivity index (χ3v) is 5.26. The number of fused-ring (bicyclic) bond motifs is 2. The van der Waals surface area contributed by atoms with Crippen LogP contribution in [-0.4, -0.2) is 49.4 Å². The molecule has 0 radical (unpaired) electrons. The van der Waals surface area contributed by atoms with E-state index in [4.69, 9.17) is 23.7 Å². The first-order valence-electron chi connectivity index (χ1n) is 9.28. The molecule has 2 saturated heterocycles. The average Bonchev–Trinajstić information content (AvgIpc) is 3.06. The molecule has 1 aromatic carbocycles. The minimum Gasteiger partial charge on any atom is -0.459 e. The van der Waals surface area contributed by atoms with E-state index in [-0.39, 0.29) is 36.3 Å². The van der Waals surface area contributed by atoms with Gasteiger partial charge in [-0.25, -0.2) is 0 Å². The normalized spacial score (nSPS) is 35.5. The van der Waals surface area contributed by atoms with Crippen molar-refractivity contribution in [3.05, 3.63) is 35.9 Å². The Morgan fingerprint density at radius 1 is 1.19 bits per heavy atom. The summed E-state index contributed by atoms with van der Waals surface area (Å²) in [5.74, 6) is -0.694. The Hall–Kier alpha value is -1.47. The number of carbonyl (C=O) groups is 1. The van der Waals surface area contributed by atoms with E-state index in [0.717, 1.165) is 5.56 Å². The standard InChI is InChI=1S/C20H26O6/c1-20(2)24-12-14(26-20)11-23-19-15-8-18(21)25-17(19)9-16(15)22-10-13-6-4-3-5-7-13/h3-7,14-17,19H,8-12H2,1-2H3/t14?,15?,16?,17-,19?/m1/s1. The zero-order chi connectivity index (χ0) is 18.1. The Morgan fingerprint density at radius 2 is 2.00 bits per heavy atom. The number of rotatable bonds is 6. The lowest BCUT2D eigenvalue weighted by atomic mass is 9.97. The van der Waals surface area contributed by atoms with E-state index >= 15 is 0 Å². The van der Waals surface area contributed by atoms with Gasteiger partial charge in [0, 0.05) is 12.3 Å². The molecule has 0 aromatic heterocycles. The molecule has 2 aliphatic heterocycles. The Bertz CT molecular complexity index is 630. The van der Waals surface area contributed by atoms with Gasteiger partial charge in [-0.1, -0.05) is 30.3 Å². The summed E-state index contributed by atoms with van der Waals surface area (Å²) in [5, 5.41) is 0. The number of benzene rings is 1. The van der Waals surface area contributed by atoms with Crippen LogP contribution in [0.3, 0.4) is 0 Å². The Labute approximate surface area is 153 Å². The summed E-state index contributed by atoms with van der Waals surface area (Å²) in [6.07, 6.45) is 0.521. The number of esters is 1. The van der Waals surface area contributed by atoms with Gasteiger partial charge in [0.05, 0.1) is 32.3 Å². The summed E-state index contributed by atoms with van der Waals surface area (Å²) < 4.78 is 29.1. The predicted molar refractivity (Wildman–Crippen MR) is 92.3 cm³/mol. The van der Waals surface area contributed by atoms with Gasteiger partial charge in [0.15, 0.2) is 5.79 Å². The lowest BCUT2D eigenvalue weighted by molar-refractivity contribution is -0.176. The summed E-state index contributed by atoms with van der Waals surface area (Å²) in [5.41, 5.74) is 1.12. The number of hydrogen-bond acceptors (Lipinski definition) is 6. The first-order valence-corrected chi connectivity index (χ1v) is 9.28. The van der Waals surface area contributed by atoms with E-state index in [1.54, 1.807) is 0 Å². The van der Waals surface area contributed by atoms with E-state index in [2.05, 4.69) is 0 Å². The molecule has 3 fully saturated rings. The van der Waals surface area contributed by atoms with Crippen LogP contribution in [0, 0.1) is 5.92 Å². The highest BCUT2D eigenvalue weighted by molar-refractivity contribution is 5.71. The van der Waals surface area contributed by atoms with Crippen molar-refractivity contribution in [2.45, 2.75) is 63.5 Å². The van der Waals surface area contributed by atoms with Gasteiger partial charge < -0.3 is 23.7 Å². The maximum atomic E-state index is 11.9. The smallest absolute Gasteiger partial charge is 0.306 e. The second-order valence-electron chi connectivity index (χ2n) is 7.72. The number of hydrogen-bond donors (Lipinski definition) is 0. The molecule has 0 spiro atoms. The lowest BCUT2D eigenvalue weighted by Crippen LogP contribution is -2.41. The van der Waals surface area contributed by atoms with Crippen molar-refractivity contribution in [2.75, 3.05) is 13.2 Å². The van der Waals surface area contributed by atoms with Crippen LogP contribution in [0.1, 0.15) is 32.3 Å². The van der Waals surface area contributed by atoms with Crippen LogP contribution in [0.5, 0.6) is 0 Å². The van der Waals surface area contributed by atoms with Gasteiger partial charge in [-0.3, -0.25) is 4.79 Å². The molecular weight excluding hydrogens is 336 g/mol. The molecule has 0 N–H and O–H groups in total. The van der Waals surface area contributed by atoms with Gasteiger partial charge >= 0.3 is 5.97 Å². The maximum Gasteiger partial charge on any atom is 0.306 e. The van der Waals surface area contributed by atoms with Crippen LogP contribution >= 0.6 is 0 Å². The molecule has 2 bridgehead atoms. The molecule has 6 heteroatoms. The van der Waals surface area contributed by atoms with Crippen molar-refractivity contribution in [1.29, 1.82) is 0 Å². The maximum absolute atomic E-state index is 11.9. The highest BCUT2D eigenvalue weighted by Gasteiger charge is 2.51. The molecule has 6 nitrogen and oxygen atoms in total. The van der Waals surface area contributed by atoms with Gasteiger partial charge in [-0.05, 0) is 19.4 Å². The zero-order valence-corrected chi connectivity index (χ0v) is 15.3. The minimum absolute atomic E-state index is 0.0280. The predicted octanol–water partition coefficient (Wildman–Crippen LogP) is 2.44. The fraction of sp³-hybridized carbons (Fsp3) is 0.650. The van der Waals surface area contributed by atoms with Gasteiger partial charge in [0.25, 0.3) is 0 Å². The quantitative estimate of drug-likeness (QED) is 0.725. The number of carbonyl (C=O) groups excluding carboxylic acids is 1. The molecule has 26 heavy (non-hydrogen) atoms. The van der Waals surface area contributed by atoms with Crippen LogP contribution < -0.4 is 0 Å². The molecule has 3 aliphatic rings. The van der Waals surface area contributed by atoms with E-state index < -0.39 is 5.79 Å². The number of ether oxygens (including phenoxy) is 5. The van der Waals surface area contributed by atoms with Crippen LogP contribution in [0.4, 0.5) is 0 Å². The fourth-order valence-corrected chi connectivity index (χ4v) is 4.06. The Balaban J connectivity index is 1.34. The molecule has 0 amide bonds. The molecule has 4 unspecified atom stereocenters. The largest absolute Gasteiger partial charge is 0.459 e. The molecular formula is C20H26O6. The van der Waals surface area contributed by atoms with Crippen molar-refractivity contribution in [3.63, 3.8) is 0 Å². The average molecular weight is 362 g/mol. The van der Waals surface area contributed by atoms with Gasteiger partial charge in [-0.15, -0.1) is 0 Å². The molecule has 1 aliphatic carbocycles. The first-order chi connectivity index (χ1) is 12.5.